The summed E-state index contributed by atoms with van der Waals surface area (Å²) in [5.74, 6) is 0. The van der Waals surface area contributed by atoms with Gasteiger partial charge in [-0.15, -0.1) is 0 Å². The van der Waals surface area contributed by atoms with Crippen LogP contribution in [0.3, 0.4) is 0 Å². The highest BCUT2D eigenvalue weighted by atomic mass is 14.4. The van der Waals surface area contributed by atoms with E-state index in [9.17, 15) is 0 Å². The molecule has 0 saturated carbocycles. The minimum Gasteiger partial charge on any atom is -0.305 e. The average Bonchev–Trinajstić information content (AvgIpc) is 2.40. The molecular weight excluding hydrogens is 206 g/mol. The van der Waals surface area contributed by atoms with Gasteiger partial charge in [-0.1, -0.05) is 43.7 Å². The molecule has 0 aliphatic heterocycles. The minimum absolute atomic E-state index is 0.787. The van der Waals surface area contributed by atoms with Gasteiger partial charge >= 0.3 is 0 Å². The zero-order valence-electron chi connectivity index (χ0n) is 10.6. The van der Waals surface area contributed by atoms with E-state index in [1.54, 1.807) is 0 Å². The second-order valence-electron chi connectivity index (χ2n) is 4.75. The van der Waals surface area contributed by atoms with Gasteiger partial charge < -0.3 is 5.41 Å². The van der Waals surface area contributed by atoms with Gasteiger partial charge in [0.05, 0.1) is 0 Å². The van der Waals surface area contributed by atoms with Gasteiger partial charge in [-0.2, -0.15) is 0 Å². The highest BCUT2D eigenvalue weighted by Crippen LogP contribution is 2.29. The molecule has 0 fully saturated rings. The van der Waals surface area contributed by atoms with E-state index in [0.717, 1.165) is 24.1 Å². The van der Waals surface area contributed by atoms with Crippen molar-refractivity contribution in [2.45, 2.75) is 45.4 Å². The van der Waals surface area contributed by atoms with Crippen molar-refractivity contribution in [1.29, 1.82) is 5.41 Å². The number of benzene rings is 1. The fraction of sp³-hybridized carbons (Fsp3) is 0.438. The van der Waals surface area contributed by atoms with Crippen molar-refractivity contribution in [3.63, 3.8) is 0 Å². The van der Waals surface area contributed by atoms with Crippen LogP contribution in [0.5, 0.6) is 0 Å². The molecule has 1 N–H and O–H groups in total. The van der Waals surface area contributed by atoms with Crippen LogP contribution in [0.15, 0.2) is 30.3 Å². The second kappa shape index (κ2) is 5.81. The summed E-state index contributed by atoms with van der Waals surface area (Å²) in [5, 5.41) is 8.16. The summed E-state index contributed by atoms with van der Waals surface area (Å²) in [6.07, 6.45) is 9.28. The maximum Gasteiger partial charge on any atom is 0.0392 e. The minimum atomic E-state index is 0.787. The van der Waals surface area contributed by atoms with Gasteiger partial charge in [0.1, 0.15) is 0 Å². The van der Waals surface area contributed by atoms with Crippen molar-refractivity contribution in [1.82, 2.24) is 0 Å². The van der Waals surface area contributed by atoms with Crippen LogP contribution in [-0.4, -0.2) is 5.71 Å². The smallest absolute Gasteiger partial charge is 0.0392 e. The predicted molar refractivity (Wildman–Crippen MR) is 74.6 cm³/mol. The molecule has 0 amide bonds. The van der Waals surface area contributed by atoms with Crippen LogP contribution in [-0.2, 0) is 0 Å². The highest BCUT2D eigenvalue weighted by molar-refractivity contribution is 6.02. The van der Waals surface area contributed by atoms with Crippen LogP contribution in [0.1, 0.15) is 56.6 Å². The first-order valence-corrected chi connectivity index (χ1v) is 6.69. The van der Waals surface area contributed by atoms with Gasteiger partial charge in [0.25, 0.3) is 0 Å². The maximum absolute atomic E-state index is 8.16. The molecule has 0 spiro atoms. The third-order valence-corrected chi connectivity index (χ3v) is 3.39. The van der Waals surface area contributed by atoms with Crippen molar-refractivity contribution in [2.24, 2.45) is 0 Å². The molecule has 0 radical (unpaired) electrons. The molecule has 0 bridgehead atoms. The quantitative estimate of drug-likeness (QED) is 0.714. The fourth-order valence-electron chi connectivity index (χ4n) is 2.49. The summed E-state index contributed by atoms with van der Waals surface area (Å²) >= 11 is 0. The Morgan fingerprint density at radius 1 is 1.24 bits per heavy atom. The van der Waals surface area contributed by atoms with Crippen LogP contribution < -0.4 is 0 Å². The summed E-state index contributed by atoms with van der Waals surface area (Å²) in [5.41, 5.74) is 4.68. The van der Waals surface area contributed by atoms with E-state index in [-0.39, 0.29) is 0 Å². The third kappa shape index (κ3) is 2.85. The summed E-state index contributed by atoms with van der Waals surface area (Å²) in [6.45, 7) is 2.14. The lowest BCUT2D eigenvalue weighted by Crippen LogP contribution is -2.04. The lowest BCUT2D eigenvalue weighted by molar-refractivity contribution is 0.742. The molecule has 0 unspecified atom stereocenters. The van der Waals surface area contributed by atoms with Crippen molar-refractivity contribution in [2.75, 3.05) is 0 Å². The Hall–Kier alpha value is -1.37. The normalized spacial score (nSPS) is 15.5. The first-order chi connectivity index (χ1) is 8.33. The van der Waals surface area contributed by atoms with Gasteiger partial charge in [-0.05, 0) is 43.2 Å². The van der Waals surface area contributed by atoms with E-state index in [2.05, 4.69) is 31.2 Å². The molecule has 1 heteroatoms. The lowest BCUT2D eigenvalue weighted by atomic mass is 9.88. The van der Waals surface area contributed by atoms with E-state index < -0.39 is 0 Å². The van der Waals surface area contributed by atoms with Crippen LogP contribution in [0.2, 0.25) is 0 Å². The molecule has 90 valence electrons. The Morgan fingerprint density at radius 2 is 2.06 bits per heavy atom. The second-order valence-corrected chi connectivity index (χ2v) is 4.75. The fourth-order valence-corrected chi connectivity index (χ4v) is 2.49. The Morgan fingerprint density at radius 3 is 2.76 bits per heavy atom. The number of allylic oxidation sites excluding steroid dienone is 2. The van der Waals surface area contributed by atoms with Gasteiger partial charge in [-0.3, -0.25) is 0 Å². The summed E-state index contributed by atoms with van der Waals surface area (Å²) in [6, 6.07) is 8.42. The molecular formula is C16H21N. The molecule has 1 aliphatic carbocycles. The van der Waals surface area contributed by atoms with E-state index in [1.807, 2.05) is 6.07 Å². The molecule has 1 aromatic rings. The van der Waals surface area contributed by atoms with Gasteiger partial charge in [0, 0.05) is 11.3 Å². The van der Waals surface area contributed by atoms with Crippen molar-refractivity contribution < 1.29 is 0 Å². The average molecular weight is 227 g/mol. The molecule has 2 rings (SSSR count). The molecule has 0 aromatic heterocycles. The molecule has 1 aliphatic rings. The molecule has 17 heavy (non-hydrogen) atoms. The maximum atomic E-state index is 8.16. The lowest BCUT2D eigenvalue weighted by Gasteiger charge is -2.17. The molecule has 1 nitrogen and oxygen atoms in total. The van der Waals surface area contributed by atoms with Crippen molar-refractivity contribution in [3.05, 3.63) is 41.5 Å². The number of rotatable bonds is 4. The monoisotopic (exact) mass is 227 g/mol. The Labute approximate surface area is 104 Å². The number of hydrogen-bond acceptors (Lipinski definition) is 1. The third-order valence-electron chi connectivity index (χ3n) is 3.39. The highest BCUT2D eigenvalue weighted by Gasteiger charge is 2.12. The van der Waals surface area contributed by atoms with Gasteiger partial charge in [-0.25, -0.2) is 0 Å². The molecule has 0 saturated heterocycles. The Balaban J connectivity index is 2.33. The number of nitrogens with one attached hydrogen (secondary N) is 1. The topological polar surface area (TPSA) is 23.9 Å². The number of hydrogen-bond donors (Lipinski definition) is 1. The van der Waals surface area contributed by atoms with Crippen LogP contribution >= 0.6 is 0 Å². The first-order valence-electron chi connectivity index (χ1n) is 6.69. The van der Waals surface area contributed by atoms with Crippen molar-refractivity contribution >= 4 is 11.3 Å². The summed E-state index contributed by atoms with van der Waals surface area (Å²) in [4.78, 5) is 0. The Bertz CT molecular complexity index is 429. The summed E-state index contributed by atoms with van der Waals surface area (Å²) < 4.78 is 0. The van der Waals surface area contributed by atoms with Crippen LogP contribution in [0, 0.1) is 5.41 Å². The van der Waals surface area contributed by atoms with Crippen LogP contribution in [0.4, 0.5) is 0 Å². The van der Waals surface area contributed by atoms with E-state index in [1.165, 1.54) is 36.8 Å². The zero-order valence-corrected chi connectivity index (χ0v) is 10.6. The van der Waals surface area contributed by atoms with Gasteiger partial charge in [0.2, 0.25) is 0 Å². The van der Waals surface area contributed by atoms with Gasteiger partial charge in [0.15, 0.2) is 0 Å². The van der Waals surface area contributed by atoms with Crippen molar-refractivity contribution in [3.8, 4) is 0 Å². The molecule has 1 aromatic carbocycles. The first kappa shape index (κ1) is 12.1. The van der Waals surface area contributed by atoms with E-state index in [0.29, 0.717) is 0 Å². The van der Waals surface area contributed by atoms with E-state index >= 15 is 0 Å². The Kier molecular flexibility index (Phi) is 4.13. The van der Waals surface area contributed by atoms with E-state index in [4.69, 9.17) is 5.41 Å². The summed E-state index contributed by atoms with van der Waals surface area (Å²) in [7, 11) is 0. The largest absolute Gasteiger partial charge is 0.305 e. The van der Waals surface area contributed by atoms with Crippen LogP contribution in [0.25, 0.3) is 5.57 Å². The standard InChI is InChI=1S/C16H21N/c1-2-8-16(17)15-12-7-6-11-14(15)13-9-4-3-5-10-13/h6-7,9,11-12,17H,2-5,8,10H2,1H3. The predicted octanol–water partition coefficient (Wildman–Crippen LogP) is 4.81. The SMILES string of the molecule is CCCC(=N)c1ccccc1C1=CCCCC1. The molecule has 0 heterocycles. The molecule has 0 atom stereocenters. The zero-order chi connectivity index (χ0) is 12.1.